The van der Waals surface area contributed by atoms with Gasteiger partial charge in [-0.25, -0.2) is 9.59 Å². The molecular formula is C33H52O4. The molecule has 0 N–H and O–H groups in total. The minimum Gasteiger partial charge on any atom is -0.460 e. The van der Waals surface area contributed by atoms with Gasteiger partial charge in [0.25, 0.3) is 0 Å². The zero-order valence-electron chi connectivity index (χ0n) is 24.6. The minimum atomic E-state index is -0.427. The van der Waals surface area contributed by atoms with E-state index in [2.05, 4.69) is 40.7 Å². The van der Waals surface area contributed by atoms with Crippen molar-refractivity contribution in [2.75, 3.05) is 6.61 Å². The van der Waals surface area contributed by atoms with Gasteiger partial charge in [0, 0.05) is 12.0 Å². The van der Waals surface area contributed by atoms with Gasteiger partial charge < -0.3 is 9.47 Å². The van der Waals surface area contributed by atoms with Crippen LogP contribution >= 0.6 is 0 Å². The van der Waals surface area contributed by atoms with Crippen LogP contribution in [0.15, 0.2) is 23.3 Å². The Morgan fingerprint density at radius 2 is 1.84 bits per heavy atom. The van der Waals surface area contributed by atoms with Gasteiger partial charge >= 0.3 is 11.9 Å². The maximum absolute atomic E-state index is 12.5. The number of hydrogen-bond acceptors (Lipinski definition) is 4. The Balaban J connectivity index is 1.38. The summed E-state index contributed by atoms with van der Waals surface area (Å²) in [5.74, 6) is 4.07. The highest BCUT2D eigenvalue weighted by molar-refractivity contribution is 5.89. The van der Waals surface area contributed by atoms with Crippen molar-refractivity contribution in [1.82, 2.24) is 0 Å². The fourth-order valence-electron chi connectivity index (χ4n) is 9.51. The lowest BCUT2D eigenvalue weighted by atomic mass is 9.47. The molecule has 4 nitrogen and oxygen atoms in total. The van der Waals surface area contributed by atoms with Crippen molar-refractivity contribution in [2.24, 2.45) is 46.3 Å². The summed E-state index contributed by atoms with van der Waals surface area (Å²) >= 11 is 0. The number of esters is 2. The van der Waals surface area contributed by atoms with Crippen LogP contribution in [0, 0.1) is 46.3 Å². The van der Waals surface area contributed by atoms with E-state index in [0.717, 1.165) is 54.8 Å². The fourth-order valence-corrected chi connectivity index (χ4v) is 9.51. The zero-order valence-corrected chi connectivity index (χ0v) is 24.6. The van der Waals surface area contributed by atoms with E-state index < -0.39 is 11.9 Å². The van der Waals surface area contributed by atoms with Crippen LogP contribution in [0.25, 0.3) is 0 Å². The lowest BCUT2D eigenvalue weighted by Gasteiger charge is -2.58. The molecule has 8 unspecified atom stereocenters. The first kappa shape index (κ1) is 28.4. The van der Waals surface area contributed by atoms with Crippen molar-refractivity contribution in [3.8, 4) is 0 Å². The van der Waals surface area contributed by atoms with Gasteiger partial charge in [0.05, 0.1) is 0 Å². The molecule has 0 heterocycles. The zero-order chi connectivity index (χ0) is 27.0. The monoisotopic (exact) mass is 512 g/mol. The SMILES string of the molecule is C/C=C(\CC)C(=O)OCC(=O)OC1CCC2(C)C(=CCC3C2CCC2(C)C(C(C)CC(C)C)CCC32)C1. The Labute approximate surface area is 226 Å². The predicted molar refractivity (Wildman–Crippen MR) is 149 cm³/mol. The lowest BCUT2D eigenvalue weighted by molar-refractivity contribution is -0.162. The maximum atomic E-state index is 12.5. The second-order valence-corrected chi connectivity index (χ2v) is 13.7. The van der Waals surface area contributed by atoms with Crippen LogP contribution in [-0.4, -0.2) is 24.6 Å². The Morgan fingerprint density at radius 3 is 2.51 bits per heavy atom. The third-order valence-electron chi connectivity index (χ3n) is 11.3. The van der Waals surface area contributed by atoms with Crippen molar-refractivity contribution in [1.29, 1.82) is 0 Å². The quantitative estimate of drug-likeness (QED) is 0.187. The average Bonchev–Trinajstić information content (AvgIpc) is 3.20. The number of ether oxygens (including phenoxy) is 2. The molecule has 4 heteroatoms. The van der Waals surface area contributed by atoms with Crippen molar-refractivity contribution >= 4 is 11.9 Å². The van der Waals surface area contributed by atoms with Crippen LogP contribution in [-0.2, 0) is 19.1 Å². The number of carbonyl (C=O) groups is 2. The van der Waals surface area contributed by atoms with E-state index in [4.69, 9.17) is 9.47 Å². The van der Waals surface area contributed by atoms with Gasteiger partial charge in [-0.15, -0.1) is 0 Å². The topological polar surface area (TPSA) is 52.6 Å². The molecule has 8 atom stereocenters. The number of fused-ring (bicyclic) bond motifs is 5. The summed E-state index contributed by atoms with van der Waals surface area (Å²) in [7, 11) is 0. The van der Waals surface area contributed by atoms with Gasteiger partial charge in [0.15, 0.2) is 6.61 Å². The molecule has 0 aliphatic heterocycles. The van der Waals surface area contributed by atoms with Gasteiger partial charge in [0.1, 0.15) is 6.10 Å². The standard InChI is InChI=1S/C33H52O4/c1-8-23(9-2)31(35)36-20-30(34)37-25-14-16-32(6)24(19-25)10-11-26-28-13-12-27(22(5)18-21(3)4)33(28,7)17-15-29(26)32/h8,10,21-22,25-29H,9,11-20H2,1-7H3/b23-8+. The van der Waals surface area contributed by atoms with Gasteiger partial charge in [-0.3, -0.25) is 0 Å². The summed E-state index contributed by atoms with van der Waals surface area (Å²) in [5, 5.41) is 0. The molecule has 4 aliphatic rings. The maximum Gasteiger partial charge on any atom is 0.344 e. The van der Waals surface area contributed by atoms with E-state index in [0.29, 0.717) is 17.4 Å². The summed E-state index contributed by atoms with van der Waals surface area (Å²) in [6, 6.07) is 0. The highest BCUT2D eigenvalue weighted by atomic mass is 16.6. The molecule has 0 aromatic rings. The molecule has 208 valence electrons. The van der Waals surface area contributed by atoms with Gasteiger partial charge in [0.2, 0.25) is 0 Å². The molecule has 0 radical (unpaired) electrons. The fraction of sp³-hybridized carbons (Fsp3) is 0.818. The van der Waals surface area contributed by atoms with Gasteiger partial charge in [-0.05, 0) is 111 Å². The molecule has 4 aliphatic carbocycles. The molecule has 0 spiro atoms. The summed E-state index contributed by atoms with van der Waals surface area (Å²) in [6.45, 7) is 15.8. The number of hydrogen-bond donors (Lipinski definition) is 0. The number of carbonyl (C=O) groups excluding carboxylic acids is 2. The molecule has 37 heavy (non-hydrogen) atoms. The molecule has 3 fully saturated rings. The largest absolute Gasteiger partial charge is 0.460 e. The second-order valence-electron chi connectivity index (χ2n) is 13.7. The minimum absolute atomic E-state index is 0.101. The molecule has 0 amide bonds. The molecule has 4 rings (SSSR count). The summed E-state index contributed by atoms with van der Waals surface area (Å²) in [6.07, 6.45) is 15.7. The van der Waals surface area contributed by atoms with E-state index >= 15 is 0 Å². The predicted octanol–water partition coefficient (Wildman–Crippen LogP) is 8.06. The van der Waals surface area contributed by atoms with E-state index in [1.54, 1.807) is 6.08 Å². The third kappa shape index (κ3) is 5.46. The van der Waals surface area contributed by atoms with Crippen molar-refractivity contribution in [2.45, 2.75) is 119 Å². The summed E-state index contributed by atoms with van der Waals surface area (Å²) < 4.78 is 11.0. The summed E-state index contributed by atoms with van der Waals surface area (Å²) in [4.78, 5) is 24.5. The Morgan fingerprint density at radius 1 is 1.08 bits per heavy atom. The molecule has 0 aromatic carbocycles. The smallest absolute Gasteiger partial charge is 0.344 e. The highest BCUT2D eigenvalue weighted by Crippen LogP contribution is 2.67. The molecular weight excluding hydrogens is 460 g/mol. The molecule has 0 aromatic heterocycles. The summed E-state index contributed by atoms with van der Waals surface area (Å²) in [5.41, 5.74) is 2.85. The van der Waals surface area contributed by atoms with Crippen molar-refractivity contribution < 1.29 is 19.1 Å². The van der Waals surface area contributed by atoms with Crippen LogP contribution in [0.4, 0.5) is 0 Å². The van der Waals surface area contributed by atoms with Crippen LogP contribution in [0.3, 0.4) is 0 Å². The van der Waals surface area contributed by atoms with E-state index in [9.17, 15) is 9.59 Å². The first-order valence-corrected chi connectivity index (χ1v) is 15.2. The second kappa shape index (κ2) is 11.3. The molecule has 3 saturated carbocycles. The Bertz CT molecular complexity index is 915. The Hall–Kier alpha value is -1.58. The first-order chi connectivity index (χ1) is 17.5. The van der Waals surface area contributed by atoms with Crippen LogP contribution in [0.5, 0.6) is 0 Å². The first-order valence-electron chi connectivity index (χ1n) is 15.2. The molecule has 0 saturated heterocycles. The Kier molecular flexibility index (Phi) is 8.65. The van der Waals surface area contributed by atoms with Crippen LogP contribution < -0.4 is 0 Å². The number of rotatable bonds is 8. The number of allylic oxidation sites excluding steroid dienone is 2. The van der Waals surface area contributed by atoms with E-state index in [1.165, 1.54) is 44.1 Å². The highest BCUT2D eigenvalue weighted by Gasteiger charge is 2.59. The third-order valence-corrected chi connectivity index (χ3v) is 11.3. The average molecular weight is 513 g/mol. The van der Waals surface area contributed by atoms with Gasteiger partial charge in [-0.2, -0.15) is 0 Å². The van der Waals surface area contributed by atoms with Crippen LogP contribution in [0.2, 0.25) is 0 Å². The van der Waals surface area contributed by atoms with Crippen molar-refractivity contribution in [3.63, 3.8) is 0 Å². The van der Waals surface area contributed by atoms with E-state index in [1.807, 2.05) is 13.8 Å². The normalized spacial score (nSPS) is 38.2. The van der Waals surface area contributed by atoms with Crippen molar-refractivity contribution in [3.05, 3.63) is 23.3 Å². The van der Waals surface area contributed by atoms with Crippen LogP contribution in [0.1, 0.15) is 113 Å². The van der Waals surface area contributed by atoms with Gasteiger partial charge in [-0.1, -0.05) is 59.3 Å². The lowest BCUT2D eigenvalue weighted by Crippen LogP contribution is -2.51. The van der Waals surface area contributed by atoms with E-state index in [-0.39, 0.29) is 18.1 Å². The molecule has 0 bridgehead atoms.